The zero-order chi connectivity index (χ0) is 14.9. The number of pyridine rings is 1. The Bertz CT molecular complexity index is 674. The van der Waals surface area contributed by atoms with Gasteiger partial charge in [-0.05, 0) is 18.2 Å². The van der Waals surface area contributed by atoms with Crippen LogP contribution in [0, 0.1) is 11.6 Å². The van der Waals surface area contributed by atoms with E-state index in [1.165, 1.54) is 6.07 Å². The molecule has 0 saturated carbocycles. The molecule has 0 bridgehead atoms. The number of carbonyl (C=O) groups is 1. The number of aromatic nitrogens is 1. The molecule has 104 valence electrons. The lowest BCUT2D eigenvalue weighted by Crippen LogP contribution is -2.06. The van der Waals surface area contributed by atoms with E-state index < -0.39 is 23.7 Å². The number of carboxylic acid groups (broad SMARTS) is 1. The zero-order valence-corrected chi connectivity index (χ0v) is 10.5. The van der Waals surface area contributed by atoms with E-state index in [-0.39, 0.29) is 22.0 Å². The summed E-state index contributed by atoms with van der Waals surface area (Å²) in [6.07, 6.45) is -1.64. The summed E-state index contributed by atoms with van der Waals surface area (Å²) in [5.74, 6) is -2.08. The van der Waals surface area contributed by atoms with Crippen molar-refractivity contribution in [1.29, 1.82) is 0 Å². The number of rotatable bonds is 2. The Morgan fingerprint density at radius 3 is 2.40 bits per heavy atom. The molecule has 2 rings (SSSR count). The normalized spacial score (nSPS) is 10.3. The Morgan fingerprint density at radius 1 is 1.25 bits per heavy atom. The molecule has 8 heteroatoms. The van der Waals surface area contributed by atoms with Crippen LogP contribution in [-0.2, 0) is 0 Å². The van der Waals surface area contributed by atoms with Gasteiger partial charge in [0.25, 0.3) is 0 Å². The molecule has 1 aromatic carbocycles. The van der Waals surface area contributed by atoms with Crippen LogP contribution in [0.1, 0.15) is 0 Å². The molecule has 1 heterocycles. The lowest BCUT2D eigenvalue weighted by molar-refractivity contribution is 0.142. The van der Waals surface area contributed by atoms with Gasteiger partial charge in [0, 0.05) is 11.6 Å². The summed E-state index contributed by atoms with van der Waals surface area (Å²) in [7, 11) is 0. The number of ether oxygens (including phenoxy) is 1. The second-order valence-corrected chi connectivity index (χ2v) is 4.12. The number of anilines is 1. The Balaban J connectivity index is 2.57. The van der Waals surface area contributed by atoms with Gasteiger partial charge in [-0.2, -0.15) is 0 Å². The van der Waals surface area contributed by atoms with E-state index in [0.29, 0.717) is 6.07 Å². The van der Waals surface area contributed by atoms with E-state index in [9.17, 15) is 13.6 Å². The first-order valence-corrected chi connectivity index (χ1v) is 5.58. The molecule has 0 aliphatic heterocycles. The molecule has 20 heavy (non-hydrogen) atoms. The first kappa shape index (κ1) is 14.0. The number of nitrogen functional groups attached to an aromatic ring is 1. The molecular formula is C12H7ClF2N2O3. The smallest absolute Gasteiger partial charge is 0.449 e. The molecule has 0 fully saturated rings. The van der Waals surface area contributed by atoms with Crippen molar-refractivity contribution >= 4 is 23.4 Å². The number of halogens is 3. The molecule has 0 aliphatic carbocycles. The van der Waals surface area contributed by atoms with Gasteiger partial charge < -0.3 is 15.6 Å². The van der Waals surface area contributed by atoms with Gasteiger partial charge in [-0.25, -0.2) is 18.6 Å². The summed E-state index contributed by atoms with van der Waals surface area (Å²) in [6, 6.07) is 3.98. The predicted octanol–water partition coefficient (Wildman–Crippen LogP) is 3.32. The molecule has 0 aliphatic rings. The fraction of sp³-hybridized carbons (Fsp3) is 0. The Kier molecular flexibility index (Phi) is 3.71. The molecule has 0 atom stereocenters. The van der Waals surface area contributed by atoms with Gasteiger partial charge in [0.15, 0.2) is 0 Å². The quantitative estimate of drug-likeness (QED) is 0.831. The first-order valence-electron chi connectivity index (χ1n) is 5.20. The second-order valence-electron chi connectivity index (χ2n) is 3.74. The molecule has 0 radical (unpaired) electrons. The Morgan fingerprint density at radius 2 is 1.85 bits per heavy atom. The summed E-state index contributed by atoms with van der Waals surface area (Å²) in [6.45, 7) is 0. The van der Waals surface area contributed by atoms with Gasteiger partial charge in [-0.3, -0.25) is 0 Å². The summed E-state index contributed by atoms with van der Waals surface area (Å²) in [4.78, 5) is 14.3. The minimum absolute atomic E-state index is 0.0292. The molecule has 2 aromatic rings. The highest BCUT2D eigenvalue weighted by molar-refractivity contribution is 6.34. The van der Waals surface area contributed by atoms with Crippen LogP contribution in [0.15, 0.2) is 24.3 Å². The van der Waals surface area contributed by atoms with E-state index in [1.807, 2.05) is 0 Å². The molecule has 0 amide bonds. The predicted molar refractivity (Wildman–Crippen MR) is 67.7 cm³/mol. The van der Waals surface area contributed by atoms with Crippen LogP contribution in [0.3, 0.4) is 0 Å². The largest absolute Gasteiger partial charge is 0.512 e. The molecule has 0 saturated heterocycles. The van der Waals surface area contributed by atoms with Gasteiger partial charge in [0.05, 0.1) is 11.4 Å². The fourth-order valence-corrected chi connectivity index (χ4v) is 1.66. The van der Waals surface area contributed by atoms with Gasteiger partial charge >= 0.3 is 6.16 Å². The number of benzene rings is 1. The van der Waals surface area contributed by atoms with Crippen LogP contribution in [0.2, 0.25) is 5.02 Å². The first-order chi connectivity index (χ1) is 9.36. The van der Waals surface area contributed by atoms with E-state index in [4.69, 9.17) is 22.4 Å². The van der Waals surface area contributed by atoms with Crippen molar-refractivity contribution in [1.82, 2.24) is 4.98 Å². The molecule has 0 unspecified atom stereocenters. The van der Waals surface area contributed by atoms with E-state index in [2.05, 4.69) is 9.72 Å². The molecule has 0 spiro atoms. The SMILES string of the molecule is Nc1cc(-c2cc(F)cc(F)c2)nc(OC(=O)O)c1Cl. The average molecular weight is 301 g/mol. The van der Waals surface area contributed by atoms with Crippen LogP contribution in [0.4, 0.5) is 19.3 Å². The molecule has 3 N–H and O–H groups in total. The van der Waals surface area contributed by atoms with Gasteiger partial charge in [0.2, 0.25) is 5.88 Å². The third-order valence-electron chi connectivity index (χ3n) is 2.30. The highest BCUT2D eigenvalue weighted by atomic mass is 35.5. The van der Waals surface area contributed by atoms with Crippen LogP contribution in [-0.4, -0.2) is 16.2 Å². The molecule has 1 aromatic heterocycles. The zero-order valence-electron chi connectivity index (χ0n) is 9.73. The van der Waals surface area contributed by atoms with Crippen LogP contribution >= 0.6 is 11.6 Å². The van der Waals surface area contributed by atoms with Gasteiger partial charge in [0.1, 0.15) is 16.7 Å². The van der Waals surface area contributed by atoms with Crippen molar-refractivity contribution in [2.45, 2.75) is 0 Å². The Labute approximate surface area is 116 Å². The highest BCUT2D eigenvalue weighted by Gasteiger charge is 2.15. The third kappa shape index (κ3) is 2.94. The highest BCUT2D eigenvalue weighted by Crippen LogP contribution is 2.33. The number of hydrogen-bond acceptors (Lipinski definition) is 4. The van der Waals surface area contributed by atoms with Crippen LogP contribution in [0.5, 0.6) is 5.88 Å². The number of hydrogen-bond donors (Lipinski definition) is 2. The van der Waals surface area contributed by atoms with Crippen LogP contribution in [0.25, 0.3) is 11.3 Å². The summed E-state index contributed by atoms with van der Waals surface area (Å²) < 4.78 is 30.7. The van der Waals surface area contributed by atoms with Crippen molar-refractivity contribution in [2.24, 2.45) is 0 Å². The lowest BCUT2D eigenvalue weighted by Gasteiger charge is -2.08. The average Bonchev–Trinajstić information content (AvgIpc) is 2.32. The summed E-state index contributed by atoms with van der Waals surface area (Å²) in [5.41, 5.74) is 5.65. The maximum atomic E-state index is 13.2. The lowest BCUT2D eigenvalue weighted by atomic mass is 10.1. The van der Waals surface area contributed by atoms with E-state index >= 15 is 0 Å². The molecular weight excluding hydrogens is 294 g/mol. The van der Waals surface area contributed by atoms with Gasteiger partial charge in [-0.15, -0.1) is 0 Å². The Hall–Kier alpha value is -2.41. The number of nitrogens with two attached hydrogens (primary N) is 1. The van der Waals surface area contributed by atoms with Crippen molar-refractivity contribution in [3.63, 3.8) is 0 Å². The van der Waals surface area contributed by atoms with Crippen molar-refractivity contribution in [2.75, 3.05) is 5.73 Å². The number of nitrogens with zero attached hydrogens (tertiary/aromatic N) is 1. The van der Waals surface area contributed by atoms with Gasteiger partial charge in [-0.1, -0.05) is 11.6 Å². The minimum Gasteiger partial charge on any atom is -0.449 e. The standard InChI is InChI=1S/C12H7ClF2N2O3/c13-10-8(16)4-9(17-11(10)20-12(18)19)5-1-6(14)3-7(15)2-5/h1-4H,(H2,16,17)(H,18,19). The topological polar surface area (TPSA) is 85.4 Å². The summed E-state index contributed by atoms with van der Waals surface area (Å²) in [5, 5.41) is 8.35. The van der Waals surface area contributed by atoms with Crippen molar-refractivity contribution < 1.29 is 23.4 Å². The van der Waals surface area contributed by atoms with Crippen molar-refractivity contribution in [3.8, 4) is 17.1 Å². The van der Waals surface area contributed by atoms with Crippen LogP contribution < -0.4 is 10.5 Å². The molecule has 5 nitrogen and oxygen atoms in total. The third-order valence-corrected chi connectivity index (χ3v) is 2.68. The summed E-state index contributed by atoms with van der Waals surface area (Å²) >= 11 is 5.74. The fourth-order valence-electron chi connectivity index (χ4n) is 1.52. The van der Waals surface area contributed by atoms with Crippen molar-refractivity contribution in [3.05, 3.63) is 40.9 Å². The maximum Gasteiger partial charge on any atom is 0.512 e. The van der Waals surface area contributed by atoms with E-state index in [1.54, 1.807) is 0 Å². The maximum absolute atomic E-state index is 13.2. The monoisotopic (exact) mass is 300 g/mol. The second kappa shape index (κ2) is 5.30. The van der Waals surface area contributed by atoms with E-state index in [0.717, 1.165) is 12.1 Å². The minimum atomic E-state index is -1.64.